The fraction of sp³-hybridized carbons (Fsp3) is 0.538. The normalized spacial score (nSPS) is 19.2. The molecule has 1 heterocycles. The Morgan fingerprint density at radius 3 is 2.81 bits per heavy atom. The summed E-state index contributed by atoms with van der Waals surface area (Å²) in [6, 6.07) is 4.31. The molecule has 116 valence electrons. The third-order valence-electron chi connectivity index (χ3n) is 3.60. The number of hydrogen-bond donors (Lipinski definition) is 2. The van der Waals surface area contributed by atoms with Gasteiger partial charge >= 0.3 is 0 Å². The number of sulfonamides is 1. The second kappa shape index (κ2) is 6.40. The van der Waals surface area contributed by atoms with Gasteiger partial charge in [-0.25, -0.2) is 8.42 Å². The number of anilines is 1. The Hall–Kier alpha value is -1.67. The van der Waals surface area contributed by atoms with E-state index in [2.05, 4.69) is 10.0 Å². The lowest BCUT2D eigenvalue weighted by Crippen LogP contribution is -2.40. The number of piperidine rings is 1. The van der Waals surface area contributed by atoms with E-state index >= 15 is 0 Å². The second-order valence-corrected chi connectivity index (χ2v) is 7.00. The largest absolute Gasteiger partial charge is 0.313 e. The first kappa shape index (κ1) is 15.7. The average Bonchev–Trinajstić information content (AvgIpc) is 2.41. The summed E-state index contributed by atoms with van der Waals surface area (Å²) in [6.07, 6.45) is 2.91. The number of nitro benzene ring substituents is 1. The van der Waals surface area contributed by atoms with Gasteiger partial charge in [-0.15, -0.1) is 0 Å². The summed E-state index contributed by atoms with van der Waals surface area (Å²) < 4.78 is 26.8. The number of rotatable bonds is 5. The Labute approximate surface area is 123 Å². The molecule has 0 radical (unpaired) electrons. The average molecular weight is 313 g/mol. The molecule has 21 heavy (non-hydrogen) atoms. The third kappa shape index (κ3) is 4.15. The van der Waals surface area contributed by atoms with Crippen molar-refractivity contribution in [2.24, 2.45) is 0 Å². The van der Waals surface area contributed by atoms with Crippen LogP contribution in [-0.2, 0) is 10.0 Å². The first-order valence-corrected chi connectivity index (χ1v) is 8.52. The zero-order chi connectivity index (χ0) is 15.5. The van der Waals surface area contributed by atoms with Gasteiger partial charge in [-0.3, -0.25) is 14.8 Å². The molecule has 2 N–H and O–H groups in total. The predicted octanol–water partition coefficient (Wildman–Crippen LogP) is 1.79. The maximum absolute atomic E-state index is 12.2. The molecular weight excluding hydrogens is 294 g/mol. The molecule has 0 spiro atoms. The van der Waals surface area contributed by atoms with E-state index in [1.807, 2.05) is 0 Å². The summed E-state index contributed by atoms with van der Waals surface area (Å²) in [4.78, 5) is 10.4. The third-order valence-corrected chi connectivity index (χ3v) is 4.97. The van der Waals surface area contributed by atoms with E-state index < -0.39 is 14.9 Å². The lowest BCUT2D eigenvalue weighted by Gasteiger charge is -2.23. The van der Waals surface area contributed by atoms with Crippen LogP contribution in [0.3, 0.4) is 0 Å². The highest BCUT2D eigenvalue weighted by atomic mass is 32.2. The molecule has 7 nitrogen and oxygen atoms in total. The minimum Gasteiger partial charge on any atom is -0.313 e. The van der Waals surface area contributed by atoms with Gasteiger partial charge in [-0.05, 0) is 32.4 Å². The summed E-state index contributed by atoms with van der Waals surface area (Å²) in [7, 11) is -3.53. The van der Waals surface area contributed by atoms with Crippen molar-refractivity contribution < 1.29 is 13.3 Å². The fourth-order valence-electron chi connectivity index (χ4n) is 2.47. The fourth-order valence-corrected chi connectivity index (χ4v) is 3.93. The molecule has 0 aliphatic carbocycles. The first-order chi connectivity index (χ1) is 9.89. The predicted molar refractivity (Wildman–Crippen MR) is 80.9 cm³/mol. The van der Waals surface area contributed by atoms with Crippen molar-refractivity contribution in [1.29, 1.82) is 0 Å². The Kier molecular flexibility index (Phi) is 4.79. The monoisotopic (exact) mass is 313 g/mol. The van der Waals surface area contributed by atoms with Gasteiger partial charge in [-0.2, -0.15) is 0 Å². The van der Waals surface area contributed by atoms with E-state index in [1.165, 1.54) is 25.1 Å². The highest BCUT2D eigenvalue weighted by Gasteiger charge is 2.22. The van der Waals surface area contributed by atoms with Gasteiger partial charge in [0.1, 0.15) is 0 Å². The maximum Gasteiger partial charge on any atom is 0.274 e. The summed E-state index contributed by atoms with van der Waals surface area (Å²) in [6.45, 7) is 2.37. The molecule has 0 amide bonds. The van der Waals surface area contributed by atoms with Gasteiger partial charge in [0.25, 0.3) is 5.69 Å². The van der Waals surface area contributed by atoms with Gasteiger partial charge in [0.05, 0.1) is 21.9 Å². The van der Waals surface area contributed by atoms with Gasteiger partial charge in [0.15, 0.2) is 0 Å². The zero-order valence-corrected chi connectivity index (χ0v) is 12.6. The lowest BCUT2D eigenvalue weighted by molar-refractivity contribution is -0.385. The number of nitrogens with zero attached hydrogens (tertiary/aromatic N) is 1. The number of nitro groups is 1. The topological polar surface area (TPSA) is 101 Å². The number of nitrogens with one attached hydrogen (secondary N) is 2. The minimum absolute atomic E-state index is 0.0187. The van der Waals surface area contributed by atoms with Crippen LogP contribution in [0.5, 0.6) is 0 Å². The molecule has 8 heteroatoms. The van der Waals surface area contributed by atoms with Crippen molar-refractivity contribution in [2.45, 2.75) is 32.2 Å². The molecule has 1 aromatic carbocycles. The molecule has 0 bridgehead atoms. The molecule has 2 rings (SSSR count). The molecule has 1 aliphatic heterocycles. The molecule has 0 saturated carbocycles. The molecule has 1 fully saturated rings. The van der Waals surface area contributed by atoms with Crippen LogP contribution in [0.1, 0.15) is 24.8 Å². The zero-order valence-electron chi connectivity index (χ0n) is 11.8. The van der Waals surface area contributed by atoms with Gasteiger partial charge in [0.2, 0.25) is 10.0 Å². The molecule has 1 aliphatic rings. The van der Waals surface area contributed by atoms with E-state index in [1.54, 1.807) is 0 Å². The van der Waals surface area contributed by atoms with Crippen molar-refractivity contribution in [3.8, 4) is 0 Å². The van der Waals surface area contributed by atoms with Crippen molar-refractivity contribution >= 4 is 21.4 Å². The van der Waals surface area contributed by atoms with E-state index in [0.29, 0.717) is 5.56 Å². The van der Waals surface area contributed by atoms with E-state index in [9.17, 15) is 18.5 Å². The quantitative estimate of drug-likeness (QED) is 0.637. The molecule has 1 aromatic rings. The first-order valence-electron chi connectivity index (χ1n) is 6.87. The molecule has 1 saturated heterocycles. The summed E-state index contributed by atoms with van der Waals surface area (Å²) in [5.41, 5.74) is 0.494. The Morgan fingerprint density at radius 1 is 1.43 bits per heavy atom. The smallest absolute Gasteiger partial charge is 0.274 e. The number of hydrogen-bond acceptors (Lipinski definition) is 5. The van der Waals surface area contributed by atoms with Crippen molar-refractivity contribution in [1.82, 2.24) is 5.32 Å². The van der Waals surface area contributed by atoms with E-state index in [-0.39, 0.29) is 23.2 Å². The number of benzene rings is 1. The van der Waals surface area contributed by atoms with E-state index in [4.69, 9.17) is 0 Å². The standard InChI is InChI=1S/C13H19N3O4S/c1-10-12(6-4-7-13(10)16(17)18)15-21(19,20)9-11-5-2-3-8-14-11/h4,6-7,11,14-15H,2-3,5,8-9H2,1H3. The maximum atomic E-state index is 12.2. The van der Waals surface area contributed by atoms with Crippen molar-refractivity contribution in [2.75, 3.05) is 17.0 Å². The van der Waals surface area contributed by atoms with E-state index in [0.717, 1.165) is 25.8 Å². The van der Waals surface area contributed by atoms with Crippen LogP contribution in [-0.4, -0.2) is 31.7 Å². The van der Waals surface area contributed by atoms with Gasteiger partial charge in [-0.1, -0.05) is 12.5 Å². The Balaban J connectivity index is 2.13. The minimum atomic E-state index is -3.53. The van der Waals surface area contributed by atoms with Crippen LogP contribution >= 0.6 is 0 Å². The van der Waals surface area contributed by atoms with Crippen LogP contribution in [0, 0.1) is 17.0 Å². The summed E-state index contributed by atoms with van der Waals surface area (Å²) >= 11 is 0. The van der Waals surface area contributed by atoms with Crippen molar-refractivity contribution in [3.63, 3.8) is 0 Å². The lowest BCUT2D eigenvalue weighted by atomic mass is 10.1. The van der Waals surface area contributed by atoms with Crippen LogP contribution in [0.4, 0.5) is 11.4 Å². The molecule has 0 aromatic heterocycles. The molecule has 1 unspecified atom stereocenters. The summed E-state index contributed by atoms with van der Waals surface area (Å²) in [5, 5.41) is 14.1. The molecule has 1 atom stereocenters. The van der Waals surface area contributed by atoms with Crippen LogP contribution in [0.2, 0.25) is 0 Å². The second-order valence-electron chi connectivity index (χ2n) is 5.24. The van der Waals surface area contributed by atoms with Crippen molar-refractivity contribution in [3.05, 3.63) is 33.9 Å². The van der Waals surface area contributed by atoms with Crippen LogP contribution in [0.25, 0.3) is 0 Å². The Bertz CT molecular complexity index is 624. The molecular formula is C13H19N3O4S. The highest BCUT2D eigenvalue weighted by Crippen LogP contribution is 2.26. The summed E-state index contributed by atoms with van der Waals surface area (Å²) in [5.74, 6) is -0.0187. The van der Waals surface area contributed by atoms with Gasteiger partial charge < -0.3 is 5.32 Å². The Morgan fingerprint density at radius 2 is 2.19 bits per heavy atom. The van der Waals surface area contributed by atoms with Gasteiger partial charge in [0, 0.05) is 12.1 Å². The SMILES string of the molecule is Cc1c(NS(=O)(=O)CC2CCCCN2)cccc1[N+](=O)[O-]. The highest BCUT2D eigenvalue weighted by molar-refractivity contribution is 7.92. The van der Waals surface area contributed by atoms with Crippen LogP contribution in [0.15, 0.2) is 18.2 Å². The van der Waals surface area contributed by atoms with Crippen LogP contribution < -0.4 is 10.0 Å².